The average molecular weight is 301 g/mol. The van der Waals surface area contributed by atoms with Crippen LogP contribution >= 0.6 is 0 Å². The van der Waals surface area contributed by atoms with Gasteiger partial charge < -0.3 is 4.90 Å². The normalized spacial score (nSPS) is 15.8. The van der Waals surface area contributed by atoms with E-state index in [1.807, 2.05) is 43.1 Å². The van der Waals surface area contributed by atoms with Crippen LogP contribution in [0.5, 0.6) is 0 Å². The molecular weight excluding hydrogens is 282 g/mol. The molecule has 0 aliphatic carbocycles. The van der Waals surface area contributed by atoms with E-state index < -0.39 is 9.84 Å². The quantitative estimate of drug-likeness (QED) is 0.798. The summed E-state index contributed by atoms with van der Waals surface area (Å²) in [6, 6.07) is 11.2. The molecule has 0 fully saturated rings. The van der Waals surface area contributed by atoms with E-state index >= 15 is 0 Å². The Morgan fingerprint density at radius 1 is 0.952 bits per heavy atom. The lowest BCUT2D eigenvalue weighted by molar-refractivity contribution is 0.594. The van der Waals surface area contributed by atoms with Crippen molar-refractivity contribution in [1.82, 2.24) is 0 Å². The second kappa shape index (κ2) is 4.60. The summed E-state index contributed by atoms with van der Waals surface area (Å²) in [5.41, 5.74) is 3.60. The van der Waals surface area contributed by atoms with Crippen molar-refractivity contribution in [2.75, 3.05) is 11.9 Å². The molecule has 3 nitrogen and oxygen atoms in total. The van der Waals surface area contributed by atoms with Gasteiger partial charge in [-0.05, 0) is 48.2 Å². The molecule has 0 N–H and O–H groups in total. The Bertz CT molecular complexity index is 823. The smallest absolute Gasteiger partial charge is 0.210 e. The topological polar surface area (TPSA) is 37.4 Å². The molecular formula is C17H19NO2S. The molecule has 0 spiro atoms. The molecule has 0 saturated carbocycles. The van der Waals surface area contributed by atoms with Gasteiger partial charge in [-0.15, -0.1) is 0 Å². The third-order valence-electron chi connectivity index (χ3n) is 4.07. The van der Waals surface area contributed by atoms with E-state index in [4.69, 9.17) is 0 Å². The lowest BCUT2D eigenvalue weighted by Gasteiger charge is -2.30. The first-order valence-corrected chi connectivity index (χ1v) is 8.54. The van der Waals surface area contributed by atoms with Crippen LogP contribution in [0.3, 0.4) is 0 Å². The predicted molar refractivity (Wildman–Crippen MR) is 85.2 cm³/mol. The molecule has 2 aromatic rings. The summed E-state index contributed by atoms with van der Waals surface area (Å²) in [5, 5.41) is 0. The minimum Gasteiger partial charge on any atom is -0.342 e. The number of hydrogen-bond donors (Lipinski definition) is 0. The van der Waals surface area contributed by atoms with Gasteiger partial charge in [-0.25, -0.2) is 8.42 Å². The van der Waals surface area contributed by atoms with Crippen molar-refractivity contribution in [2.24, 2.45) is 0 Å². The van der Waals surface area contributed by atoms with E-state index in [9.17, 15) is 8.42 Å². The van der Waals surface area contributed by atoms with Gasteiger partial charge >= 0.3 is 0 Å². The highest BCUT2D eigenvalue weighted by Gasteiger charge is 2.32. The van der Waals surface area contributed by atoms with Gasteiger partial charge in [0.1, 0.15) is 0 Å². The lowest BCUT2D eigenvalue weighted by atomic mass is 10.0. The molecule has 0 saturated heterocycles. The van der Waals surface area contributed by atoms with Crippen molar-refractivity contribution >= 4 is 21.2 Å². The zero-order valence-corrected chi connectivity index (χ0v) is 13.5. The molecule has 21 heavy (non-hydrogen) atoms. The van der Waals surface area contributed by atoms with Crippen LogP contribution in [0, 0.1) is 6.92 Å². The van der Waals surface area contributed by atoms with Crippen molar-refractivity contribution in [3.05, 3.63) is 47.5 Å². The average Bonchev–Trinajstić information content (AvgIpc) is 2.44. The number of sulfone groups is 1. The Hall–Kier alpha value is -1.81. The second-order valence-electron chi connectivity index (χ2n) is 5.92. The maximum Gasteiger partial charge on any atom is 0.210 e. The van der Waals surface area contributed by atoms with Crippen LogP contribution in [0.15, 0.2) is 46.2 Å². The van der Waals surface area contributed by atoms with E-state index in [-0.39, 0.29) is 0 Å². The zero-order chi connectivity index (χ0) is 15.4. The lowest BCUT2D eigenvalue weighted by Crippen LogP contribution is -2.22. The van der Waals surface area contributed by atoms with Crippen LogP contribution in [0.4, 0.5) is 11.4 Å². The van der Waals surface area contributed by atoms with E-state index in [2.05, 4.69) is 13.8 Å². The van der Waals surface area contributed by atoms with E-state index in [0.29, 0.717) is 15.7 Å². The Morgan fingerprint density at radius 2 is 1.67 bits per heavy atom. The van der Waals surface area contributed by atoms with Gasteiger partial charge in [0.05, 0.1) is 21.2 Å². The fraction of sp³-hybridized carbons (Fsp3) is 0.294. The Labute approximate surface area is 126 Å². The number of rotatable bonds is 1. The molecule has 0 unspecified atom stereocenters. The fourth-order valence-electron chi connectivity index (χ4n) is 2.74. The second-order valence-corrected chi connectivity index (χ2v) is 7.80. The number of anilines is 2. The summed E-state index contributed by atoms with van der Waals surface area (Å²) < 4.78 is 25.7. The van der Waals surface area contributed by atoms with Crippen molar-refractivity contribution in [2.45, 2.75) is 36.5 Å². The van der Waals surface area contributed by atoms with Gasteiger partial charge in [-0.3, -0.25) is 0 Å². The first-order chi connectivity index (χ1) is 9.82. The highest BCUT2D eigenvalue weighted by atomic mass is 32.2. The van der Waals surface area contributed by atoms with Gasteiger partial charge in [0.15, 0.2) is 0 Å². The van der Waals surface area contributed by atoms with Crippen LogP contribution in [0.1, 0.15) is 30.9 Å². The summed E-state index contributed by atoms with van der Waals surface area (Å²) in [6.45, 7) is 6.12. The fourth-order valence-corrected chi connectivity index (χ4v) is 4.52. The maximum absolute atomic E-state index is 12.8. The third-order valence-corrected chi connectivity index (χ3v) is 5.90. The molecule has 0 bridgehead atoms. The molecule has 1 aliphatic rings. The van der Waals surface area contributed by atoms with Crippen LogP contribution in [-0.4, -0.2) is 15.5 Å². The summed E-state index contributed by atoms with van der Waals surface area (Å²) >= 11 is 0. The summed E-state index contributed by atoms with van der Waals surface area (Å²) in [4.78, 5) is 2.76. The molecule has 4 heteroatoms. The number of benzene rings is 2. The highest BCUT2D eigenvalue weighted by Crippen LogP contribution is 2.44. The first kappa shape index (κ1) is 14.1. The largest absolute Gasteiger partial charge is 0.342 e. The van der Waals surface area contributed by atoms with Gasteiger partial charge in [0.25, 0.3) is 0 Å². The molecule has 3 rings (SSSR count). The van der Waals surface area contributed by atoms with Crippen molar-refractivity contribution in [1.29, 1.82) is 0 Å². The number of nitrogens with zero attached hydrogens (tertiary/aromatic N) is 1. The highest BCUT2D eigenvalue weighted by molar-refractivity contribution is 7.92. The minimum atomic E-state index is -3.44. The summed E-state index contributed by atoms with van der Waals surface area (Å²) in [7, 11) is -1.52. The standard InChI is InChI=1S/C17H19NO2S/c1-11(2)13-6-8-16-15(10-13)18(4)14-7-5-12(3)9-17(14)21(16,19)20/h5-11H,1-4H3. The molecule has 0 amide bonds. The van der Waals surface area contributed by atoms with E-state index in [1.165, 1.54) is 0 Å². The van der Waals surface area contributed by atoms with Gasteiger partial charge in [0, 0.05) is 7.05 Å². The SMILES string of the molecule is Cc1ccc2c(c1)S(=O)(=O)c1ccc(C(C)C)cc1N2C. The Kier molecular flexibility index (Phi) is 3.10. The molecule has 0 atom stereocenters. The van der Waals surface area contributed by atoms with Crippen molar-refractivity contribution in [3.63, 3.8) is 0 Å². The monoisotopic (exact) mass is 301 g/mol. The van der Waals surface area contributed by atoms with E-state index in [0.717, 1.165) is 22.5 Å². The minimum absolute atomic E-state index is 0.366. The van der Waals surface area contributed by atoms with Crippen molar-refractivity contribution < 1.29 is 8.42 Å². The predicted octanol–water partition coefficient (Wildman–Crippen LogP) is 4.03. The Morgan fingerprint density at radius 3 is 2.33 bits per heavy atom. The third kappa shape index (κ3) is 2.05. The molecule has 110 valence electrons. The molecule has 1 aliphatic heterocycles. The van der Waals surface area contributed by atoms with Crippen LogP contribution in [0.25, 0.3) is 0 Å². The number of hydrogen-bond acceptors (Lipinski definition) is 3. The summed E-state index contributed by atoms with van der Waals surface area (Å²) in [5.74, 6) is 0.366. The zero-order valence-electron chi connectivity index (χ0n) is 12.7. The number of aryl methyl sites for hydroxylation is 1. The van der Waals surface area contributed by atoms with Crippen LogP contribution < -0.4 is 4.90 Å². The van der Waals surface area contributed by atoms with Crippen LogP contribution in [0.2, 0.25) is 0 Å². The molecule has 0 radical (unpaired) electrons. The van der Waals surface area contributed by atoms with Crippen molar-refractivity contribution in [3.8, 4) is 0 Å². The first-order valence-electron chi connectivity index (χ1n) is 7.06. The van der Waals surface area contributed by atoms with Gasteiger partial charge in [-0.1, -0.05) is 26.0 Å². The Balaban J connectivity index is 2.31. The summed E-state index contributed by atoms with van der Waals surface area (Å²) in [6.07, 6.45) is 0. The van der Waals surface area contributed by atoms with Gasteiger partial charge in [-0.2, -0.15) is 0 Å². The number of fused-ring (bicyclic) bond motifs is 2. The molecule has 0 aromatic heterocycles. The molecule has 1 heterocycles. The molecule has 2 aromatic carbocycles. The van der Waals surface area contributed by atoms with E-state index in [1.54, 1.807) is 12.1 Å². The van der Waals surface area contributed by atoms with Gasteiger partial charge in [0.2, 0.25) is 9.84 Å². The van der Waals surface area contributed by atoms with Crippen LogP contribution in [-0.2, 0) is 9.84 Å². The maximum atomic E-state index is 12.8.